The van der Waals surface area contributed by atoms with E-state index in [1.807, 2.05) is 6.20 Å². The topological polar surface area (TPSA) is 49.3 Å². The molecule has 0 atom stereocenters. The minimum Gasteiger partial charge on any atom is -0.357 e. The molecule has 0 aliphatic rings. The van der Waals surface area contributed by atoms with E-state index in [0.717, 1.165) is 23.9 Å². The van der Waals surface area contributed by atoms with Crippen LogP contribution in [0.3, 0.4) is 0 Å². The number of nitrogens with zero attached hydrogens (tertiary/aromatic N) is 2. The Morgan fingerprint density at radius 3 is 2.52 bits per heavy atom. The Balaban J connectivity index is 0.00000264. The predicted octanol–water partition coefficient (Wildman–Crippen LogP) is 3.89. The molecule has 1 aromatic carbocycles. The number of aryl methyl sites for hydroxylation is 2. The van der Waals surface area contributed by atoms with Gasteiger partial charge in [-0.1, -0.05) is 36.8 Å². The smallest absolute Gasteiger partial charge is 0.191 e. The van der Waals surface area contributed by atoms with Crippen molar-refractivity contribution in [1.29, 1.82) is 0 Å². The number of benzene rings is 1. The summed E-state index contributed by atoms with van der Waals surface area (Å²) in [6.07, 6.45) is 3.00. The predicted molar refractivity (Wildman–Crippen MR) is 110 cm³/mol. The third kappa shape index (κ3) is 6.87. The number of thiazole rings is 1. The highest BCUT2D eigenvalue weighted by molar-refractivity contribution is 14.0. The van der Waals surface area contributed by atoms with E-state index in [1.165, 1.54) is 16.0 Å². The molecule has 0 radical (unpaired) electrons. The lowest BCUT2D eigenvalue weighted by atomic mass is 10.1. The van der Waals surface area contributed by atoms with Crippen molar-refractivity contribution in [2.24, 2.45) is 4.99 Å². The quantitative estimate of drug-likeness (QED) is 0.404. The summed E-state index contributed by atoms with van der Waals surface area (Å²) in [6, 6.07) is 8.48. The molecule has 4 nitrogen and oxygen atoms in total. The fourth-order valence-electron chi connectivity index (χ4n) is 1.96. The van der Waals surface area contributed by atoms with Crippen LogP contribution in [0, 0.1) is 6.92 Å². The number of nitrogens with one attached hydrogen (secondary N) is 2. The molecule has 126 valence electrons. The minimum absolute atomic E-state index is 0. The van der Waals surface area contributed by atoms with Crippen molar-refractivity contribution in [1.82, 2.24) is 15.6 Å². The van der Waals surface area contributed by atoms with Gasteiger partial charge in [0.1, 0.15) is 5.01 Å². The van der Waals surface area contributed by atoms with Gasteiger partial charge in [0.25, 0.3) is 0 Å². The van der Waals surface area contributed by atoms with Crippen LogP contribution in [-0.4, -0.2) is 17.5 Å². The van der Waals surface area contributed by atoms with Crippen molar-refractivity contribution in [3.63, 3.8) is 0 Å². The Labute approximate surface area is 159 Å². The highest BCUT2D eigenvalue weighted by atomic mass is 127. The van der Waals surface area contributed by atoms with E-state index in [-0.39, 0.29) is 24.0 Å². The number of aliphatic imine (C=N–C) groups is 1. The lowest BCUT2D eigenvalue weighted by molar-refractivity contribution is 0.811. The zero-order valence-electron chi connectivity index (χ0n) is 13.9. The van der Waals surface area contributed by atoms with E-state index < -0.39 is 0 Å². The van der Waals surface area contributed by atoms with Crippen LogP contribution in [0.4, 0.5) is 0 Å². The molecule has 1 heterocycles. The first kappa shape index (κ1) is 19.9. The van der Waals surface area contributed by atoms with Crippen LogP contribution in [-0.2, 0) is 19.5 Å². The standard InChI is InChI=1S/C17H24N4S.HI/c1-4-15-11-19-16(22-15)12-21-17(18-5-2)20-10-14-8-6-13(3)7-9-14;/h6-9,11H,4-5,10,12H2,1-3H3,(H2,18,20,21);1H. The zero-order chi connectivity index (χ0) is 15.8. The van der Waals surface area contributed by atoms with Crippen LogP contribution in [0.15, 0.2) is 35.5 Å². The molecule has 0 saturated heterocycles. The second kappa shape index (κ2) is 10.6. The summed E-state index contributed by atoms with van der Waals surface area (Å²) in [7, 11) is 0. The Morgan fingerprint density at radius 1 is 1.17 bits per heavy atom. The monoisotopic (exact) mass is 444 g/mol. The summed E-state index contributed by atoms with van der Waals surface area (Å²) >= 11 is 1.75. The molecule has 0 fully saturated rings. The Hall–Kier alpha value is -1.15. The highest BCUT2D eigenvalue weighted by Gasteiger charge is 2.02. The van der Waals surface area contributed by atoms with Crippen molar-refractivity contribution in [2.75, 3.05) is 6.54 Å². The molecule has 2 N–H and O–H groups in total. The molecule has 2 rings (SSSR count). The minimum atomic E-state index is 0. The summed E-state index contributed by atoms with van der Waals surface area (Å²) in [5.74, 6) is 0.830. The van der Waals surface area contributed by atoms with Crippen molar-refractivity contribution < 1.29 is 0 Å². The maximum Gasteiger partial charge on any atom is 0.191 e. The second-order valence-corrected chi connectivity index (χ2v) is 6.31. The molecule has 0 unspecified atom stereocenters. The van der Waals surface area contributed by atoms with E-state index in [9.17, 15) is 0 Å². The number of rotatable bonds is 6. The van der Waals surface area contributed by atoms with E-state index in [4.69, 9.17) is 0 Å². The third-order valence-corrected chi connectivity index (χ3v) is 4.38. The molecule has 23 heavy (non-hydrogen) atoms. The van der Waals surface area contributed by atoms with Gasteiger partial charge in [-0.05, 0) is 25.8 Å². The van der Waals surface area contributed by atoms with Gasteiger partial charge >= 0.3 is 0 Å². The molecule has 0 aliphatic heterocycles. The Kier molecular flexibility index (Phi) is 9.16. The van der Waals surface area contributed by atoms with Gasteiger partial charge in [-0.2, -0.15) is 0 Å². The molecule has 0 saturated carbocycles. The first-order valence-electron chi connectivity index (χ1n) is 7.72. The lowest BCUT2D eigenvalue weighted by Gasteiger charge is -2.10. The maximum atomic E-state index is 4.63. The molecule has 0 spiro atoms. The van der Waals surface area contributed by atoms with Gasteiger partial charge in [-0.25, -0.2) is 9.98 Å². The van der Waals surface area contributed by atoms with Gasteiger partial charge in [-0.15, -0.1) is 35.3 Å². The van der Waals surface area contributed by atoms with Gasteiger partial charge < -0.3 is 10.6 Å². The van der Waals surface area contributed by atoms with Crippen LogP contribution in [0.2, 0.25) is 0 Å². The Bertz CT molecular complexity index is 607. The largest absolute Gasteiger partial charge is 0.357 e. The molecule has 2 aromatic rings. The van der Waals surface area contributed by atoms with Gasteiger partial charge in [-0.3, -0.25) is 0 Å². The van der Waals surface area contributed by atoms with E-state index in [2.05, 4.69) is 65.6 Å². The molecule has 6 heteroatoms. The number of hydrogen-bond acceptors (Lipinski definition) is 3. The van der Waals surface area contributed by atoms with Gasteiger partial charge in [0.2, 0.25) is 0 Å². The van der Waals surface area contributed by atoms with E-state index >= 15 is 0 Å². The fourth-order valence-corrected chi connectivity index (χ4v) is 2.76. The van der Waals surface area contributed by atoms with Gasteiger partial charge in [0, 0.05) is 17.6 Å². The van der Waals surface area contributed by atoms with Crippen molar-refractivity contribution >= 4 is 41.3 Å². The summed E-state index contributed by atoms with van der Waals surface area (Å²) in [4.78, 5) is 10.4. The SMILES string of the molecule is CCNC(=NCc1ccc(C)cc1)NCc1ncc(CC)s1.I. The first-order chi connectivity index (χ1) is 10.7. The van der Waals surface area contributed by atoms with E-state index in [1.54, 1.807) is 11.3 Å². The molecular weight excluding hydrogens is 419 g/mol. The molecule has 0 aliphatic carbocycles. The summed E-state index contributed by atoms with van der Waals surface area (Å²) in [5.41, 5.74) is 2.48. The lowest BCUT2D eigenvalue weighted by Crippen LogP contribution is -2.36. The number of halogens is 1. The molecule has 0 bridgehead atoms. The maximum absolute atomic E-state index is 4.63. The van der Waals surface area contributed by atoms with Crippen LogP contribution in [0.1, 0.15) is 34.9 Å². The Morgan fingerprint density at radius 2 is 1.91 bits per heavy atom. The van der Waals surface area contributed by atoms with Crippen LogP contribution in [0.25, 0.3) is 0 Å². The van der Waals surface area contributed by atoms with Crippen molar-refractivity contribution in [3.05, 3.63) is 51.5 Å². The summed E-state index contributed by atoms with van der Waals surface area (Å²) in [6.45, 7) is 8.55. The average Bonchev–Trinajstić information content (AvgIpc) is 3.00. The average molecular weight is 444 g/mol. The van der Waals surface area contributed by atoms with Crippen molar-refractivity contribution in [3.8, 4) is 0 Å². The number of guanidine groups is 1. The van der Waals surface area contributed by atoms with Crippen LogP contribution < -0.4 is 10.6 Å². The van der Waals surface area contributed by atoms with E-state index in [0.29, 0.717) is 13.1 Å². The third-order valence-electron chi connectivity index (χ3n) is 3.24. The van der Waals surface area contributed by atoms with Crippen LogP contribution >= 0.6 is 35.3 Å². The van der Waals surface area contributed by atoms with Crippen LogP contribution in [0.5, 0.6) is 0 Å². The summed E-state index contributed by atoms with van der Waals surface area (Å²) < 4.78 is 0. The molecular formula is C17H25IN4S. The second-order valence-electron chi connectivity index (χ2n) is 5.11. The molecule has 0 amide bonds. The highest BCUT2D eigenvalue weighted by Crippen LogP contribution is 2.12. The number of hydrogen-bond donors (Lipinski definition) is 2. The number of aromatic nitrogens is 1. The zero-order valence-corrected chi connectivity index (χ0v) is 17.1. The summed E-state index contributed by atoms with van der Waals surface area (Å²) in [5, 5.41) is 7.71. The van der Waals surface area contributed by atoms with Gasteiger partial charge in [0.05, 0.1) is 13.1 Å². The molecule has 1 aromatic heterocycles. The van der Waals surface area contributed by atoms with Crippen molar-refractivity contribution in [2.45, 2.75) is 40.3 Å². The fraction of sp³-hybridized carbons (Fsp3) is 0.412. The first-order valence-corrected chi connectivity index (χ1v) is 8.54. The van der Waals surface area contributed by atoms with Gasteiger partial charge in [0.15, 0.2) is 5.96 Å². The normalized spacial score (nSPS) is 11.0.